The van der Waals surface area contributed by atoms with Crippen LogP contribution in [-0.4, -0.2) is 50.6 Å². The van der Waals surface area contributed by atoms with Crippen molar-refractivity contribution < 1.29 is 19.1 Å². The van der Waals surface area contributed by atoms with Gasteiger partial charge in [-0.2, -0.15) is 0 Å². The van der Waals surface area contributed by atoms with Gasteiger partial charge in [-0.05, 0) is 43.6 Å². The molecule has 0 bridgehead atoms. The van der Waals surface area contributed by atoms with Crippen molar-refractivity contribution >= 4 is 17.5 Å². The maximum Gasteiger partial charge on any atom is 0.238 e. The van der Waals surface area contributed by atoms with Crippen LogP contribution in [0.25, 0.3) is 0 Å². The monoisotopic (exact) mass is 411 g/mol. The van der Waals surface area contributed by atoms with Gasteiger partial charge in [-0.25, -0.2) is 0 Å². The highest BCUT2D eigenvalue weighted by atomic mass is 16.5. The summed E-state index contributed by atoms with van der Waals surface area (Å²) in [5.41, 5.74) is 1.75. The molecule has 0 aromatic heterocycles. The average molecular weight is 412 g/mol. The number of carbonyl (C=O) groups is 2. The molecule has 1 heterocycles. The topological polar surface area (TPSA) is 79.9 Å². The quantitative estimate of drug-likeness (QED) is 0.698. The minimum atomic E-state index is -0.0887. The summed E-state index contributed by atoms with van der Waals surface area (Å²) in [5.74, 6) is 1.18. The summed E-state index contributed by atoms with van der Waals surface area (Å²) in [6.45, 7) is 2.30. The minimum Gasteiger partial charge on any atom is -0.493 e. The van der Waals surface area contributed by atoms with Crippen LogP contribution in [0.15, 0.2) is 48.5 Å². The maximum atomic E-state index is 12.4. The Bertz CT molecular complexity index is 849. The highest BCUT2D eigenvalue weighted by Gasteiger charge is 2.25. The Morgan fingerprint density at radius 2 is 1.70 bits per heavy atom. The first-order chi connectivity index (χ1) is 14.6. The number of benzene rings is 2. The average Bonchev–Trinajstić information content (AvgIpc) is 2.78. The fraction of sp³-hybridized carbons (Fsp3) is 0.391. The first-order valence-electron chi connectivity index (χ1n) is 10.1. The first-order valence-corrected chi connectivity index (χ1v) is 10.1. The molecule has 0 spiro atoms. The van der Waals surface area contributed by atoms with Crippen LogP contribution in [0.2, 0.25) is 0 Å². The SMILES string of the molecule is COc1ccc(NC(=O)CN2CCC(C(=O)NCc3ccccc3)CC2)cc1OC. The van der Waals surface area contributed by atoms with E-state index in [4.69, 9.17) is 9.47 Å². The van der Waals surface area contributed by atoms with Gasteiger partial charge in [0.1, 0.15) is 0 Å². The lowest BCUT2D eigenvalue weighted by molar-refractivity contribution is -0.126. The summed E-state index contributed by atoms with van der Waals surface area (Å²) in [7, 11) is 3.13. The second kappa shape index (κ2) is 10.6. The Hall–Kier alpha value is -3.06. The number of nitrogens with one attached hydrogen (secondary N) is 2. The molecule has 1 aliphatic heterocycles. The summed E-state index contributed by atoms with van der Waals surface area (Å²) < 4.78 is 10.5. The lowest BCUT2D eigenvalue weighted by Gasteiger charge is -2.30. The van der Waals surface area contributed by atoms with Crippen LogP contribution in [0, 0.1) is 5.92 Å². The number of piperidine rings is 1. The van der Waals surface area contributed by atoms with Crippen molar-refractivity contribution in [3.63, 3.8) is 0 Å². The zero-order valence-electron chi connectivity index (χ0n) is 17.5. The number of ether oxygens (including phenoxy) is 2. The molecule has 0 aliphatic carbocycles. The normalized spacial score (nSPS) is 14.7. The number of anilines is 1. The van der Waals surface area contributed by atoms with Gasteiger partial charge >= 0.3 is 0 Å². The molecule has 2 N–H and O–H groups in total. The lowest BCUT2D eigenvalue weighted by atomic mass is 9.96. The molecule has 160 valence electrons. The Morgan fingerprint density at radius 3 is 2.37 bits per heavy atom. The summed E-state index contributed by atoms with van der Waals surface area (Å²) in [6.07, 6.45) is 1.51. The van der Waals surface area contributed by atoms with Gasteiger partial charge in [0.2, 0.25) is 11.8 Å². The van der Waals surface area contributed by atoms with Gasteiger partial charge in [0.05, 0.1) is 20.8 Å². The highest BCUT2D eigenvalue weighted by molar-refractivity contribution is 5.92. The van der Waals surface area contributed by atoms with E-state index in [0.717, 1.165) is 31.5 Å². The molecule has 2 aromatic carbocycles. The number of carbonyl (C=O) groups excluding carboxylic acids is 2. The van der Waals surface area contributed by atoms with Gasteiger partial charge in [-0.1, -0.05) is 30.3 Å². The molecule has 1 fully saturated rings. The summed E-state index contributed by atoms with van der Waals surface area (Å²) in [6, 6.07) is 15.2. The first kappa shape index (κ1) is 21.6. The molecular weight excluding hydrogens is 382 g/mol. The largest absolute Gasteiger partial charge is 0.493 e. The van der Waals surface area contributed by atoms with Gasteiger partial charge in [0.15, 0.2) is 11.5 Å². The second-order valence-corrected chi connectivity index (χ2v) is 7.37. The van der Waals surface area contributed by atoms with Crippen molar-refractivity contribution in [3.8, 4) is 11.5 Å². The summed E-state index contributed by atoms with van der Waals surface area (Å²) in [4.78, 5) is 26.9. The number of hydrogen-bond donors (Lipinski definition) is 2. The number of likely N-dealkylation sites (tertiary alicyclic amines) is 1. The molecule has 0 unspecified atom stereocenters. The van der Waals surface area contributed by atoms with Gasteiger partial charge in [-0.3, -0.25) is 14.5 Å². The molecule has 1 saturated heterocycles. The fourth-order valence-corrected chi connectivity index (χ4v) is 3.60. The molecule has 7 heteroatoms. The predicted octanol–water partition coefficient (Wildman–Crippen LogP) is 2.67. The van der Waals surface area contributed by atoms with Crippen molar-refractivity contribution in [2.45, 2.75) is 19.4 Å². The van der Waals surface area contributed by atoms with Crippen LogP contribution in [0.5, 0.6) is 11.5 Å². The highest BCUT2D eigenvalue weighted by Crippen LogP contribution is 2.29. The van der Waals surface area contributed by atoms with E-state index < -0.39 is 0 Å². The standard InChI is InChI=1S/C23H29N3O4/c1-29-20-9-8-19(14-21(20)30-2)25-22(27)16-26-12-10-18(11-13-26)23(28)24-15-17-6-4-3-5-7-17/h3-9,14,18H,10-13,15-16H2,1-2H3,(H,24,28)(H,25,27). The molecule has 7 nitrogen and oxygen atoms in total. The Morgan fingerprint density at radius 1 is 1.00 bits per heavy atom. The lowest BCUT2D eigenvalue weighted by Crippen LogP contribution is -2.43. The van der Waals surface area contributed by atoms with E-state index >= 15 is 0 Å². The van der Waals surface area contributed by atoms with E-state index in [-0.39, 0.29) is 17.7 Å². The third kappa shape index (κ3) is 5.97. The predicted molar refractivity (Wildman–Crippen MR) is 116 cm³/mol. The van der Waals surface area contributed by atoms with Gasteiger partial charge in [0, 0.05) is 24.2 Å². The third-order valence-corrected chi connectivity index (χ3v) is 5.30. The maximum absolute atomic E-state index is 12.4. The Kier molecular flexibility index (Phi) is 7.68. The molecular formula is C23H29N3O4. The van der Waals surface area contributed by atoms with Crippen LogP contribution in [0.4, 0.5) is 5.69 Å². The van der Waals surface area contributed by atoms with Gasteiger partial charge < -0.3 is 20.1 Å². The number of rotatable bonds is 8. The van der Waals surface area contributed by atoms with Gasteiger partial charge in [0.25, 0.3) is 0 Å². The number of amides is 2. The van der Waals surface area contributed by atoms with E-state index in [1.54, 1.807) is 32.4 Å². The van der Waals surface area contributed by atoms with Crippen LogP contribution in [0.3, 0.4) is 0 Å². The van der Waals surface area contributed by atoms with Gasteiger partial charge in [-0.15, -0.1) is 0 Å². The zero-order valence-corrected chi connectivity index (χ0v) is 17.5. The molecule has 0 atom stereocenters. The van der Waals surface area contributed by atoms with Crippen LogP contribution >= 0.6 is 0 Å². The van der Waals surface area contributed by atoms with Crippen molar-refractivity contribution in [1.29, 1.82) is 0 Å². The van der Waals surface area contributed by atoms with E-state index in [1.165, 1.54) is 0 Å². The molecule has 2 aromatic rings. The number of nitrogens with zero attached hydrogens (tertiary/aromatic N) is 1. The van der Waals surface area contributed by atoms with Crippen molar-refractivity contribution in [2.24, 2.45) is 5.92 Å². The van der Waals surface area contributed by atoms with Crippen LogP contribution in [0.1, 0.15) is 18.4 Å². The minimum absolute atomic E-state index is 0.00104. The fourth-order valence-electron chi connectivity index (χ4n) is 3.60. The van der Waals surface area contributed by atoms with E-state index in [9.17, 15) is 9.59 Å². The third-order valence-electron chi connectivity index (χ3n) is 5.30. The second-order valence-electron chi connectivity index (χ2n) is 7.37. The van der Waals surface area contributed by atoms with E-state index in [2.05, 4.69) is 15.5 Å². The van der Waals surface area contributed by atoms with Crippen LogP contribution in [-0.2, 0) is 16.1 Å². The Balaban J connectivity index is 1.42. The number of methoxy groups -OCH3 is 2. The summed E-state index contributed by atoms with van der Waals surface area (Å²) in [5, 5.41) is 5.91. The van der Waals surface area contributed by atoms with E-state index in [0.29, 0.717) is 30.3 Å². The smallest absolute Gasteiger partial charge is 0.238 e. The molecule has 1 aliphatic rings. The van der Waals surface area contributed by atoms with Crippen LogP contribution < -0.4 is 20.1 Å². The van der Waals surface area contributed by atoms with Crippen molar-refractivity contribution in [1.82, 2.24) is 10.2 Å². The molecule has 2 amide bonds. The Labute approximate surface area is 177 Å². The van der Waals surface area contributed by atoms with Crippen molar-refractivity contribution in [2.75, 3.05) is 39.2 Å². The number of hydrogen-bond acceptors (Lipinski definition) is 5. The molecule has 3 rings (SSSR count). The molecule has 0 radical (unpaired) electrons. The summed E-state index contributed by atoms with van der Waals surface area (Å²) >= 11 is 0. The molecule has 0 saturated carbocycles. The van der Waals surface area contributed by atoms with E-state index in [1.807, 2.05) is 30.3 Å². The molecule has 30 heavy (non-hydrogen) atoms. The van der Waals surface area contributed by atoms with Crippen molar-refractivity contribution in [3.05, 3.63) is 54.1 Å². The zero-order chi connectivity index (χ0) is 21.3.